The van der Waals surface area contributed by atoms with E-state index in [4.69, 9.17) is 0 Å². The van der Waals surface area contributed by atoms with Crippen molar-refractivity contribution in [3.63, 3.8) is 0 Å². The molecule has 224 valence electrons. The summed E-state index contributed by atoms with van der Waals surface area (Å²) in [4.78, 5) is 0. The molecule has 3 aromatic carbocycles. The molecule has 0 aromatic heterocycles. The van der Waals surface area contributed by atoms with Crippen molar-refractivity contribution in [2.24, 2.45) is 0 Å². The fourth-order valence-electron chi connectivity index (χ4n) is 6.31. The van der Waals surface area contributed by atoms with Crippen LogP contribution < -0.4 is 58.0 Å². The molecule has 0 nitrogen and oxygen atoms in total. The van der Waals surface area contributed by atoms with Crippen molar-refractivity contribution >= 4 is 51.3 Å². The van der Waals surface area contributed by atoms with Crippen LogP contribution in [-0.2, 0) is 20.4 Å². The van der Waals surface area contributed by atoms with Crippen molar-refractivity contribution in [1.29, 1.82) is 0 Å². The van der Waals surface area contributed by atoms with Gasteiger partial charge in [0.2, 0.25) is 0 Å². The molecule has 0 amide bonds. The average Bonchev–Trinajstić information content (AvgIpc) is 3.01. The quantitative estimate of drug-likeness (QED) is 0.257. The standard InChI is InChI=1S/C35H47Si3.3ClH.Ti/c1-24-18-25(2)20-29(19-24)35-28(5)26(3)27(4)34(35)23-36(30-14-12-16-32(21-30)37(6,7)8)31-15-13-17-33(22-31)38(9,10)11;;;;/h12-22,36H,23H2,1-11H3;3*1H;/q;;;;+3/p-3. The van der Waals surface area contributed by atoms with Gasteiger partial charge in [0.25, 0.3) is 0 Å². The first-order valence-corrected chi connectivity index (χ1v) is 24.2. The molecule has 3 aromatic rings. The summed E-state index contributed by atoms with van der Waals surface area (Å²) < 4.78 is 0.0234. The summed E-state index contributed by atoms with van der Waals surface area (Å²) in [6.07, 6.45) is 0. The molecule has 0 heterocycles. The first kappa shape index (κ1) is 39.4. The van der Waals surface area contributed by atoms with Gasteiger partial charge in [-0.3, -0.25) is 0 Å². The topological polar surface area (TPSA) is 0 Å². The first-order valence-electron chi connectivity index (χ1n) is 14.5. The minimum Gasteiger partial charge on any atom is -1.00 e. The Morgan fingerprint density at radius 1 is 0.619 bits per heavy atom. The van der Waals surface area contributed by atoms with E-state index in [1.807, 2.05) is 0 Å². The molecule has 0 spiro atoms. The monoisotopic (exact) mass is 704 g/mol. The van der Waals surface area contributed by atoms with E-state index < -0.39 is 24.9 Å². The van der Waals surface area contributed by atoms with Crippen LogP contribution in [0.2, 0.25) is 49.0 Å². The number of aryl methyl sites for hydroxylation is 2. The van der Waals surface area contributed by atoms with Crippen LogP contribution in [0.4, 0.5) is 0 Å². The zero-order valence-electron chi connectivity index (χ0n) is 27.3. The first-order chi connectivity index (χ1) is 18.0. The van der Waals surface area contributed by atoms with Crippen LogP contribution in [0.3, 0.4) is 0 Å². The summed E-state index contributed by atoms with van der Waals surface area (Å²) in [6.45, 7) is 26.5. The van der Waals surface area contributed by atoms with Crippen LogP contribution in [0, 0.1) is 13.8 Å². The van der Waals surface area contributed by atoms with Gasteiger partial charge in [0.15, 0.2) is 0 Å². The van der Waals surface area contributed by atoms with Gasteiger partial charge in [0.05, 0.1) is 0 Å². The molecule has 4 rings (SSSR count). The van der Waals surface area contributed by atoms with Gasteiger partial charge in [-0.05, 0) is 0 Å². The van der Waals surface area contributed by atoms with E-state index in [1.54, 1.807) is 31.9 Å². The molecule has 1 aliphatic carbocycles. The fraction of sp³-hybridized carbons (Fsp3) is 0.371. The minimum atomic E-state index is -1.57. The summed E-state index contributed by atoms with van der Waals surface area (Å²) >= 11 is 2.56. The number of hydrogen-bond donors (Lipinski definition) is 0. The van der Waals surface area contributed by atoms with Gasteiger partial charge in [0, 0.05) is 0 Å². The van der Waals surface area contributed by atoms with Crippen LogP contribution in [-0.4, -0.2) is 24.9 Å². The van der Waals surface area contributed by atoms with Crippen molar-refractivity contribution in [3.05, 3.63) is 100 Å². The predicted octanol–water partition coefficient (Wildman–Crippen LogP) is -1.72. The minimum absolute atomic E-state index is 0. The third-order valence-electron chi connectivity index (χ3n) is 8.90. The van der Waals surface area contributed by atoms with Gasteiger partial charge in [-0.25, -0.2) is 0 Å². The Balaban J connectivity index is 0.00000294. The molecule has 0 radical (unpaired) electrons. The Kier molecular flexibility index (Phi) is 13.7. The molecule has 1 unspecified atom stereocenters. The average molecular weight is 706 g/mol. The SMILES string of the molecule is CC1=C(C)[C]([Ti+3])(C[SiH](c2cccc([Si](C)(C)C)c2)c2cccc([Si](C)(C)C)c2)C(c2cc(C)cc(C)c2)=C1C.[Cl-].[Cl-].[Cl-]. The number of halogens is 3. The maximum Gasteiger partial charge on any atom is -1.00 e. The molecule has 1 atom stereocenters. The van der Waals surface area contributed by atoms with Gasteiger partial charge in [-0.2, -0.15) is 0 Å². The number of benzene rings is 3. The van der Waals surface area contributed by atoms with Gasteiger partial charge >= 0.3 is 256 Å². The van der Waals surface area contributed by atoms with E-state index in [-0.39, 0.29) is 40.9 Å². The van der Waals surface area contributed by atoms with Gasteiger partial charge < -0.3 is 37.2 Å². The van der Waals surface area contributed by atoms with Gasteiger partial charge in [0.1, 0.15) is 0 Å². The normalized spacial score (nSPS) is 17.2. The summed E-state index contributed by atoms with van der Waals surface area (Å²) in [6, 6.07) is 28.0. The maximum atomic E-state index is 2.61. The number of rotatable bonds is 7. The smallest absolute Gasteiger partial charge is 1.00 e. The van der Waals surface area contributed by atoms with E-state index in [0.717, 1.165) is 0 Å². The molecule has 1 aliphatic rings. The van der Waals surface area contributed by atoms with E-state index in [2.05, 4.69) is 161 Å². The Hall–Kier alpha value is -0.625. The zero-order chi connectivity index (χ0) is 28.9. The van der Waals surface area contributed by atoms with Crippen LogP contribution >= 0.6 is 0 Å². The molecular formula is C35H47Cl3Si3Ti. The summed E-state index contributed by atoms with van der Waals surface area (Å²) in [5, 5.41) is 6.39. The van der Waals surface area contributed by atoms with E-state index in [1.165, 1.54) is 33.9 Å². The molecule has 0 saturated heterocycles. The Bertz CT molecular complexity index is 1400. The summed E-state index contributed by atoms with van der Waals surface area (Å²) in [7, 11) is -4.41. The maximum absolute atomic E-state index is 2.61. The third-order valence-corrected chi connectivity index (χ3v) is 18.3. The Morgan fingerprint density at radius 3 is 1.45 bits per heavy atom. The van der Waals surface area contributed by atoms with Crippen molar-refractivity contribution in [2.45, 2.75) is 83.7 Å². The van der Waals surface area contributed by atoms with E-state index >= 15 is 0 Å². The molecule has 42 heavy (non-hydrogen) atoms. The number of hydrogen-bond acceptors (Lipinski definition) is 0. The Labute approximate surface area is 290 Å². The molecule has 0 fully saturated rings. The second-order valence-electron chi connectivity index (χ2n) is 14.0. The second kappa shape index (κ2) is 14.6. The molecule has 0 N–H and O–H groups in total. The predicted molar refractivity (Wildman–Crippen MR) is 180 cm³/mol. The van der Waals surface area contributed by atoms with Crippen LogP contribution in [0.1, 0.15) is 37.5 Å². The number of allylic oxidation sites excluding steroid dienone is 4. The van der Waals surface area contributed by atoms with Gasteiger partial charge in [-0.1, -0.05) is 0 Å². The van der Waals surface area contributed by atoms with E-state index in [9.17, 15) is 0 Å². The molecular weight excluding hydrogens is 659 g/mol. The zero-order valence-corrected chi connectivity index (χ0v) is 34.3. The molecule has 0 bridgehead atoms. The molecule has 0 aliphatic heterocycles. The van der Waals surface area contributed by atoms with Crippen LogP contribution in [0.5, 0.6) is 0 Å². The Morgan fingerprint density at radius 2 is 1.05 bits per heavy atom. The fourth-order valence-corrected chi connectivity index (χ4v) is 14.2. The molecule has 7 heteroatoms. The summed E-state index contributed by atoms with van der Waals surface area (Å²) in [5.41, 5.74) is 10.2. The van der Waals surface area contributed by atoms with Gasteiger partial charge in [-0.15, -0.1) is 0 Å². The molecule has 0 saturated carbocycles. The van der Waals surface area contributed by atoms with Crippen molar-refractivity contribution in [1.82, 2.24) is 0 Å². The van der Waals surface area contributed by atoms with Crippen molar-refractivity contribution < 1.29 is 57.7 Å². The summed E-state index contributed by atoms with van der Waals surface area (Å²) in [5.74, 6) is 0. The second-order valence-corrected chi connectivity index (χ2v) is 28.4. The van der Waals surface area contributed by atoms with Crippen molar-refractivity contribution in [2.75, 3.05) is 0 Å². The van der Waals surface area contributed by atoms with E-state index in [0.29, 0.717) is 0 Å². The third kappa shape index (κ3) is 8.14. The largest absolute Gasteiger partial charge is 1.00 e. The van der Waals surface area contributed by atoms with Crippen molar-refractivity contribution in [3.8, 4) is 0 Å². The van der Waals surface area contributed by atoms with Crippen LogP contribution in [0.15, 0.2) is 83.4 Å². The van der Waals surface area contributed by atoms with Crippen LogP contribution in [0.25, 0.3) is 5.57 Å².